The second kappa shape index (κ2) is 5.43. The van der Waals surface area contributed by atoms with Crippen molar-refractivity contribution in [2.24, 2.45) is 0 Å². The number of benzene rings is 1. The van der Waals surface area contributed by atoms with Crippen molar-refractivity contribution in [3.05, 3.63) is 65.6 Å². The molecule has 4 nitrogen and oxygen atoms in total. The molecule has 6 heteroatoms. The summed E-state index contributed by atoms with van der Waals surface area (Å²) in [6, 6.07) is 8.57. The van der Waals surface area contributed by atoms with Gasteiger partial charge in [-0.3, -0.25) is 0 Å². The number of fused-ring (bicyclic) bond motifs is 2. The van der Waals surface area contributed by atoms with Crippen molar-refractivity contribution in [3.63, 3.8) is 0 Å². The summed E-state index contributed by atoms with van der Waals surface area (Å²) in [5.74, 6) is 0.682. The number of pyridine rings is 1. The second-order valence-corrected chi connectivity index (χ2v) is 6.65. The fraction of sp³-hybridized carbons (Fsp3) is 0.158. The molecule has 1 aromatic carbocycles. The molecule has 0 radical (unpaired) electrons. The van der Waals surface area contributed by atoms with Crippen LogP contribution in [0.3, 0.4) is 0 Å². The van der Waals surface area contributed by atoms with E-state index in [2.05, 4.69) is 9.55 Å². The Morgan fingerprint density at radius 2 is 2.08 bits per heavy atom. The average Bonchev–Trinajstić information content (AvgIpc) is 3.30. The van der Waals surface area contributed by atoms with Crippen molar-refractivity contribution in [2.45, 2.75) is 19.4 Å². The van der Waals surface area contributed by atoms with Crippen molar-refractivity contribution in [1.82, 2.24) is 18.9 Å². The third-order valence-corrected chi connectivity index (χ3v) is 4.91. The summed E-state index contributed by atoms with van der Waals surface area (Å²) in [4.78, 5) is 9.03. The highest BCUT2D eigenvalue weighted by Crippen LogP contribution is 2.37. The zero-order chi connectivity index (χ0) is 17.0. The molecule has 1 aliphatic rings. The summed E-state index contributed by atoms with van der Waals surface area (Å²) in [6.07, 6.45) is 7.64. The summed E-state index contributed by atoms with van der Waals surface area (Å²) in [7, 11) is 0. The van der Waals surface area contributed by atoms with Gasteiger partial charge < -0.3 is 8.97 Å². The van der Waals surface area contributed by atoms with Gasteiger partial charge in [0, 0.05) is 47.7 Å². The number of hydrogen-bond donors (Lipinski definition) is 0. The van der Waals surface area contributed by atoms with Gasteiger partial charge in [-0.05, 0) is 36.8 Å². The molecule has 0 saturated carbocycles. The molecule has 0 bridgehead atoms. The topological polar surface area (TPSA) is 35.1 Å². The molecule has 4 aromatic rings. The zero-order valence-corrected chi connectivity index (χ0v) is 14.0. The molecule has 0 spiro atoms. The van der Waals surface area contributed by atoms with Crippen molar-refractivity contribution < 1.29 is 4.39 Å². The fourth-order valence-electron chi connectivity index (χ4n) is 3.55. The van der Waals surface area contributed by atoms with Gasteiger partial charge in [0.15, 0.2) is 0 Å². The Balaban J connectivity index is 1.79. The number of hydrogen-bond acceptors (Lipinski definition) is 2. The van der Waals surface area contributed by atoms with Gasteiger partial charge in [-0.2, -0.15) is 0 Å². The SMILES string of the molecule is Fc1ccc(Cl)cc1-c1nc2n(c1-c1ccc3nccn3c1)CCC2. The number of halogens is 2. The highest BCUT2D eigenvalue weighted by atomic mass is 35.5. The van der Waals surface area contributed by atoms with Crippen LogP contribution in [0.15, 0.2) is 48.9 Å². The Labute approximate surface area is 148 Å². The van der Waals surface area contributed by atoms with Gasteiger partial charge in [0.05, 0.1) is 11.4 Å². The molecule has 0 aliphatic carbocycles. The third-order valence-electron chi connectivity index (χ3n) is 4.67. The van der Waals surface area contributed by atoms with E-state index in [4.69, 9.17) is 16.6 Å². The normalized spacial score (nSPS) is 13.5. The van der Waals surface area contributed by atoms with E-state index in [0.717, 1.165) is 42.1 Å². The van der Waals surface area contributed by atoms with Gasteiger partial charge in [0.25, 0.3) is 0 Å². The summed E-state index contributed by atoms with van der Waals surface area (Å²) >= 11 is 6.11. The molecule has 3 aromatic heterocycles. The lowest BCUT2D eigenvalue weighted by molar-refractivity contribution is 0.630. The highest BCUT2D eigenvalue weighted by molar-refractivity contribution is 6.30. The molecule has 0 N–H and O–H groups in total. The predicted molar refractivity (Wildman–Crippen MR) is 95.1 cm³/mol. The van der Waals surface area contributed by atoms with Crippen LogP contribution in [0, 0.1) is 5.82 Å². The maximum atomic E-state index is 14.5. The predicted octanol–water partition coefficient (Wildman–Crippen LogP) is 4.60. The Bertz CT molecular complexity index is 1110. The summed E-state index contributed by atoms with van der Waals surface area (Å²) < 4.78 is 18.6. The first-order valence-electron chi connectivity index (χ1n) is 8.18. The molecule has 5 rings (SSSR count). The zero-order valence-electron chi connectivity index (χ0n) is 13.3. The number of nitrogens with zero attached hydrogens (tertiary/aromatic N) is 4. The Kier molecular flexibility index (Phi) is 3.18. The number of imidazole rings is 2. The monoisotopic (exact) mass is 352 g/mol. The number of rotatable bonds is 2. The van der Waals surface area contributed by atoms with Crippen LogP contribution in [0.25, 0.3) is 28.2 Å². The maximum Gasteiger partial charge on any atom is 0.136 e. The maximum absolute atomic E-state index is 14.5. The van der Waals surface area contributed by atoms with E-state index >= 15 is 0 Å². The second-order valence-electron chi connectivity index (χ2n) is 6.22. The lowest BCUT2D eigenvalue weighted by atomic mass is 10.1. The van der Waals surface area contributed by atoms with E-state index < -0.39 is 0 Å². The molecule has 0 atom stereocenters. The van der Waals surface area contributed by atoms with Crippen LogP contribution in [0.1, 0.15) is 12.2 Å². The number of aromatic nitrogens is 4. The lowest BCUT2D eigenvalue weighted by Gasteiger charge is -2.10. The highest BCUT2D eigenvalue weighted by Gasteiger charge is 2.25. The smallest absolute Gasteiger partial charge is 0.136 e. The minimum Gasteiger partial charge on any atom is -0.327 e. The van der Waals surface area contributed by atoms with E-state index in [1.807, 2.05) is 28.9 Å². The minimum absolute atomic E-state index is 0.314. The average molecular weight is 353 g/mol. The van der Waals surface area contributed by atoms with Gasteiger partial charge in [0.1, 0.15) is 17.3 Å². The van der Waals surface area contributed by atoms with Crippen LogP contribution in [-0.2, 0) is 13.0 Å². The van der Waals surface area contributed by atoms with Gasteiger partial charge in [0.2, 0.25) is 0 Å². The van der Waals surface area contributed by atoms with Crippen LogP contribution in [-0.4, -0.2) is 18.9 Å². The Morgan fingerprint density at radius 1 is 1.16 bits per heavy atom. The molecule has 124 valence electrons. The first kappa shape index (κ1) is 14.7. The molecule has 0 saturated heterocycles. The standard InChI is InChI=1S/C19H14ClFN4/c20-13-4-5-15(21)14(10-13)18-19(25-8-1-2-17(25)23-18)12-3-6-16-22-7-9-24(16)11-12/h3-7,9-11H,1-2,8H2. The summed E-state index contributed by atoms with van der Waals surface area (Å²) in [5, 5.41) is 0.501. The lowest BCUT2D eigenvalue weighted by Crippen LogP contribution is -1.98. The van der Waals surface area contributed by atoms with Crippen molar-refractivity contribution in [1.29, 1.82) is 0 Å². The van der Waals surface area contributed by atoms with Crippen molar-refractivity contribution >= 4 is 17.2 Å². The van der Waals surface area contributed by atoms with Gasteiger partial charge in [-0.15, -0.1) is 0 Å². The van der Waals surface area contributed by atoms with E-state index in [1.165, 1.54) is 6.07 Å². The van der Waals surface area contributed by atoms with E-state index in [9.17, 15) is 4.39 Å². The van der Waals surface area contributed by atoms with Crippen molar-refractivity contribution in [2.75, 3.05) is 0 Å². The Morgan fingerprint density at radius 3 is 3.00 bits per heavy atom. The molecule has 1 aliphatic heterocycles. The first-order valence-corrected chi connectivity index (χ1v) is 8.56. The van der Waals surface area contributed by atoms with Crippen LogP contribution >= 0.6 is 11.6 Å². The van der Waals surface area contributed by atoms with Crippen LogP contribution in [0.5, 0.6) is 0 Å². The first-order chi connectivity index (χ1) is 12.2. The van der Waals surface area contributed by atoms with E-state index in [-0.39, 0.29) is 5.82 Å². The quantitative estimate of drug-likeness (QED) is 0.528. The Hall–Kier alpha value is -2.66. The molecule has 25 heavy (non-hydrogen) atoms. The number of aryl methyl sites for hydroxylation is 1. The molecular weight excluding hydrogens is 339 g/mol. The third kappa shape index (κ3) is 2.27. The molecule has 0 fully saturated rings. The molecular formula is C19H14ClFN4. The van der Waals surface area contributed by atoms with E-state index in [1.54, 1.807) is 18.3 Å². The summed E-state index contributed by atoms with van der Waals surface area (Å²) in [6.45, 7) is 0.891. The largest absolute Gasteiger partial charge is 0.327 e. The molecule has 0 amide bonds. The van der Waals surface area contributed by atoms with Crippen LogP contribution < -0.4 is 0 Å². The minimum atomic E-state index is -0.314. The van der Waals surface area contributed by atoms with E-state index in [0.29, 0.717) is 16.3 Å². The summed E-state index contributed by atoms with van der Waals surface area (Å²) in [5.41, 5.74) is 3.88. The van der Waals surface area contributed by atoms with Gasteiger partial charge >= 0.3 is 0 Å². The van der Waals surface area contributed by atoms with Crippen LogP contribution in [0.4, 0.5) is 4.39 Å². The molecule has 4 heterocycles. The van der Waals surface area contributed by atoms with Gasteiger partial charge in [-0.25, -0.2) is 14.4 Å². The molecule has 0 unspecified atom stereocenters. The fourth-order valence-corrected chi connectivity index (χ4v) is 3.72. The van der Waals surface area contributed by atoms with Gasteiger partial charge in [-0.1, -0.05) is 11.6 Å². The van der Waals surface area contributed by atoms with Crippen LogP contribution in [0.2, 0.25) is 5.02 Å². The van der Waals surface area contributed by atoms with Crippen molar-refractivity contribution in [3.8, 4) is 22.5 Å².